The summed E-state index contributed by atoms with van der Waals surface area (Å²) in [6.45, 7) is 10.3. The van der Waals surface area contributed by atoms with Gasteiger partial charge < -0.3 is 20.3 Å². The van der Waals surface area contributed by atoms with Gasteiger partial charge in [-0.3, -0.25) is 4.99 Å². The molecule has 0 aromatic carbocycles. The van der Waals surface area contributed by atoms with Gasteiger partial charge in [-0.2, -0.15) is 0 Å². The molecule has 2 heterocycles. The average molecular weight is 382 g/mol. The van der Waals surface area contributed by atoms with Crippen molar-refractivity contribution in [3.8, 4) is 0 Å². The molecule has 2 N–H and O–H groups in total. The second-order valence-electron chi connectivity index (χ2n) is 6.69. The van der Waals surface area contributed by atoms with E-state index in [0.29, 0.717) is 6.04 Å². The summed E-state index contributed by atoms with van der Waals surface area (Å²) in [5.41, 5.74) is 0. The molecule has 1 aliphatic heterocycles. The lowest BCUT2D eigenvalue weighted by Gasteiger charge is -2.33. The number of aryl methyl sites for hydroxylation is 1. The minimum atomic E-state index is 0.512. The molecule has 0 unspecified atom stereocenters. The Morgan fingerprint density at radius 1 is 1.38 bits per heavy atom. The third kappa shape index (κ3) is 7.60. The summed E-state index contributed by atoms with van der Waals surface area (Å²) >= 11 is 1.81. The fraction of sp³-hybridized carbons (Fsp3) is 0.789. The van der Waals surface area contributed by atoms with Crippen LogP contribution in [-0.4, -0.2) is 68.3 Å². The van der Waals surface area contributed by atoms with Crippen LogP contribution in [0.1, 0.15) is 43.0 Å². The van der Waals surface area contributed by atoms with Crippen LogP contribution in [0.2, 0.25) is 0 Å². The first-order valence-electron chi connectivity index (χ1n) is 9.94. The summed E-state index contributed by atoms with van der Waals surface area (Å²) in [6.07, 6.45) is 7.44. The molecule has 1 saturated heterocycles. The van der Waals surface area contributed by atoms with Gasteiger partial charge in [0.2, 0.25) is 0 Å². The number of thiazole rings is 1. The smallest absolute Gasteiger partial charge is 0.191 e. The fourth-order valence-corrected chi connectivity index (χ4v) is 3.99. The molecule has 0 radical (unpaired) electrons. The molecule has 0 bridgehead atoms. The van der Waals surface area contributed by atoms with Crippen LogP contribution in [0, 0.1) is 0 Å². The van der Waals surface area contributed by atoms with Crippen molar-refractivity contribution in [3.63, 3.8) is 0 Å². The summed E-state index contributed by atoms with van der Waals surface area (Å²) in [7, 11) is 1.77. The van der Waals surface area contributed by atoms with Crippen molar-refractivity contribution in [3.05, 3.63) is 16.1 Å². The van der Waals surface area contributed by atoms with Crippen molar-refractivity contribution in [1.29, 1.82) is 0 Å². The number of ether oxygens (including phenoxy) is 1. The van der Waals surface area contributed by atoms with Gasteiger partial charge in [-0.25, -0.2) is 4.98 Å². The number of hydrogen-bond donors (Lipinski definition) is 2. The summed E-state index contributed by atoms with van der Waals surface area (Å²) in [4.78, 5) is 13.1. The van der Waals surface area contributed by atoms with Crippen LogP contribution >= 0.6 is 11.3 Å². The fourth-order valence-electron chi connectivity index (χ4n) is 3.14. The molecule has 0 spiro atoms. The summed E-state index contributed by atoms with van der Waals surface area (Å²) < 4.78 is 5.14. The Balaban J connectivity index is 1.73. The maximum Gasteiger partial charge on any atom is 0.191 e. The van der Waals surface area contributed by atoms with Crippen LogP contribution in [-0.2, 0) is 17.6 Å². The quantitative estimate of drug-likeness (QED) is 0.370. The van der Waals surface area contributed by atoms with Crippen molar-refractivity contribution in [2.75, 3.05) is 46.4 Å². The van der Waals surface area contributed by atoms with E-state index in [-0.39, 0.29) is 0 Å². The van der Waals surface area contributed by atoms with Gasteiger partial charge in [0.25, 0.3) is 0 Å². The van der Waals surface area contributed by atoms with E-state index in [4.69, 9.17) is 9.73 Å². The van der Waals surface area contributed by atoms with Crippen molar-refractivity contribution in [2.45, 2.75) is 52.0 Å². The summed E-state index contributed by atoms with van der Waals surface area (Å²) in [5, 5.41) is 8.18. The number of aliphatic imine (C=N–C) groups is 1. The highest BCUT2D eigenvalue weighted by Gasteiger charge is 2.19. The maximum absolute atomic E-state index is 5.14. The van der Waals surface area contributed by atoms with Gasteiger partial charge in [-0.15, -0.1) is 11.3 Å². The molecule has 6 nitrogen and oxygen atoms in total. The number of aromatic nitrogens is 1. The lowest BCUT2D eigenvalue weighted by molar-refractivity contribution is 0.155. The maximum atomic E-state index is 5.14. The van der Waals surface area contributed by atoms with Crippen LogP contribution in [0.5, 0.6) is 0 Å². The Morgan fingerprint density at radius 3 is 2.85 bits per heavy atom. The molecular formula is C19H35N5OS. The highest BCUT2D eigenvalue weighted by Crippen LogP contribution is 2.14. The number of hydrogen-bond acceptors (Lipinski definition) is 5. The zero-order chi connectivity index (χ0) is 18.6. The van der Waals surface area contributed by atoms with E-state index in [1.807, 2.05) is 6.20 Å². The molecule has 2 rings (SSSR count). The summed E-state index contributed by atoms with van der Waals surface area (Å²) in [5.74, 6) is 0.942. The molecule has 0 saturated carbocycles. The van der Waals surface area contributed by atoms with Gasteiger partial charge in [0.15, 0.2) is 5.96 Å². The van der Waals surface area contributed by atoms with Crippen LogP contribution in [0.4, 0.5) is 0 Å². The van der Waals surface area contributed by atoms with Crippen molar-refractivity contribution in [2.24, 2.45) is 4.99 Å². The van der Waals surface area contributed by atoms with Crippen LogP contribution in [0.25, 0.3) is 0 Å². The third-order valence-electron chi connectivity index (χ3n) is 4.64. The molecule has 1 fully saturated rings. The first kappa shape index (κ1) is 21.1. The molecule has 0 atom stereocenters. The summed E-state index contributed by atoms with van der Waals surface area (Å²) in [6, 6.07) is 0.512. The molecule has 1 aromatic rings. The first-order valence-corrected chi connectivity index (χ1v) is 10.8. The third-order valence-corrected chi connectivity index (χ3v) is 5.84. The topological polar surface area (TPSA) is 61.8 Å². The number of methoxy groups -OCH3 is 1. The standard InChI is InChI=1S/C19H35N5OS/c1-4-17-15-22-18(26-17)7-10-21-19(20-5-2)23-16-8-12-24(13-9-16)11-6-14-25-3/h15-16H,4-14H2,1-3H3,(H2,20,21,23). The van der Waals surface area contributed by atoms with E-state index in [1.165, 1.54) is 22.7 Å². The number of rotatable bonds is 10. The minimum Gasteiger partial charge on any atom is -0.385 e. The van der Waals surface area contributed by atoms with E-state index in [9.17, 15) is 0 Å². The Hall–Kier alpha value is -1.18. The highest BCUT2D eigenvalue weighted by atomic mass is 32.1. The number of piperidine rings is 1. The van der Waals surface area contributed by atoms with Gasteiger partial charge in [-0.05, 0) is 32.6 Å². The monoisotopic (exact) mass is 381 g/mol. The molecular weight excluding hydrogens is 346 g/mol. The zero-order valence-corrected chi connectivity index (χ0v) is 17.4. The van der Waals surface area contributed by atoms with Crippen LogP contribution in [0.3, 0.4) is 0 Å². The van der Waals surface area contributed by atoms with Gasteiger partial charge in [0.05, 0.1) is 5.01 Å². The Kier molecular flexibility index (Phi) is 9.95. The van der Waals surface area contributed by atoms with Crippen molar-refractivity contribution in [1.82, 2.24) is 20.5 Å². The van der Waals surface area contributed by atoms with Gasteiger partial charge in [0, 0.05) is 70.0 Å². The normalized spacial score (nSPS) is 16.8. The molecule has 1 aliphatic rings. The molecule has 1 aromatic heterocycles. The lowest BCUT2D eigenvalue weighted by Crippen LogP contribution is -2.49. The molecule has 148 valence electrons. The molecule has 7 heteroatoms. The van der Waals surface area contributed by atoms with Crippen LogP contribution in [0.15, 0.2) is 11.2 Å². The zero-order valence-electron chi connectivity index (χ0n) is 16.6. The lowest BCUT2D eigenvalue weighted by atomic mass is 10.1. The Bertz CT molecular complexity index is 526. The molecule has 0 amide bonds. The first-order chi connectivity index (χ1) is 12.7. The van der Waals surface area contributed by atoms with E-state index in [0.717, 1.165) is 64.6 Å². The average Bonchev–Trinajstić information content (AvgIpc) is 3.11. The Morgan fingerprint density at radius 2 is 2.19 bits per heavy atom. The minimum absolute atomic E-state index is 0.512. The van der Waals surface area contributed by atoms with Gasteiger partial charge in [-0.1, -0.05) is 6.92 Å². The van der Waals surface area contributed by atoms with Crippen LogP contribution < -0.4 is 10.6 Å². The number of likely N-dealkylation sites (tertiary alicyclic amines) is 1. The molecule has 0 aliphatic carbocycles. The predicted octanol–water partition coefficient (Wildman–Crippen LogP) is 2.30. The highest BCUT2D eigenvalue weighted by molar-refractivity contribution is 7.11. The van der Waals surface area contributed by atoms with E-state index < -0.39 is 0 Å². The SMILES string of the molecule is CCNC(=NCCc1ncc(CC)s1)NC1CCN(CCCOC)CC1. The second kappa shape index (κ2) is 12.3. The molecule has 26 heavy (non-hydrogen) atoms. The number of nitrogens with zero attached hydrogens (tertiary/aromatic N) is 3. The number of guanidine groups is 1. The largest absolute Gasteiger partial charge is 0.385 e. The van der Waals surface area contributed by atoms with Gasteiger partial charge in [0.1, 0.15) is 0 Å². The number of nitrogens with one attached hydrogen (secondary N) is 2. The van der Waals surface area contributed by atoms with E-state index in [1.54, 1.807) is 18.4 Å². The predicted molar refractivity (Wildman–Crippen MR) is 110 cm³/mol. The Labute approximate surface area is 162 Å². The van der Waals surface area contributed by atoms with Crippen molar-refractivity contribution >= 4 is 17.3 Å². The van der Waals surface area contributed by atoms with E-state index in [2.05, 4.69) is 34.4 Å². The van der Waals surface area contributed by atoms with Gasteiger partial charge >= 0.3 is 0 Å². The second-order valence-corrected chi connectivity index (χ2v) is 7.89. The van der Waals surface area contributed by atoms with Crippen molar-refractivity contribution < 1.29 is 4.74 Å². The van der Waals surface area contributed by atoms with E-state index >= 15 is 0 Å².